The molecule has 1 aromatic heterocycles. The number of hydrogen-bond acceptors (Lipinski definition) is 4. The lowest BCUT2D eigenvalue weighted by Gasteiger charge is -2.13. The maximum atomic E-state index is 12.7. The normalized spacial score (nSPS) is 15.9. The van der Waals surface area contributed by atoms with E-state index in [1.165, 1.54) is 4.90 Å². The Bertz CT molecular complexity index is 1130. The molecule has 1 atom stereocenters. The molecule has 8 nitrogen and oxygen atoms in total. The summed E-state index contributed by atoms with van der Waals surface area (Å²) in [6, 6.07) is 15.9. The van der Waals surface area contributed by atoms with Crippen LogP contribution in [0.15, 0.2) is 60.8 Å². The first kappa shape index (κ1) is 21.6. The number of fused-ring (bicyclic) bond motifs is 1. The van der Waals surface area contributed by atoms with Crippen molar-refractivity contribution in [2.75, 3.05) is 25.6 Å². The number of rotatable bonds is 9. The van der Waals surface area contributed by atoms with Crippen LogP contribution >= 0.6 is 0 Å². The third-order valence-electron chi connectivity index (χ3n) is 5.59. The highest BCUT2D eigenvalue weighted by molar-refractivity contribution is 6.08. The zero-order valence-corrected chi connectivity index (χ0v) is 17.9. The monoisotopic (exact) mass is 434 g/mol. The van der Waals surface area contributed by atoms with E-state index < -0.39 is 12.1 Å². The largest absolute Gasteiger partial charge is 0.383 e. The van der Waals surface area contributed by atoms with Gasteiger partial charge in [0.25, 0.3) is 5.91 Å². The standard InChI is InChI=1S/C24H26N4O4/c1-32-15-14-27-12-11-18-19(8-5-9-21(18)27)25-22(29)16-20-23(30)28(24(31)26-20)13-10-17-6-3-2-4-7-17/h2-9,11-12,20H,10,13-16H2,1H3,(H,25,29)(H,26,31). The van der Waals surface area contributed by atoms with Crippen LogP contribution in [0.5, 0.6) is 0 Å². The second-order valence-electron chi connectivity index (χ2n) is 7.72. The molecule has 166 valence electrons. The van der Waals surface area contributed by atoms with Crippen LogP contribution in [0.1, 0.15) is 12.0 Å². The van der Waals surface area contributed by atoms with Gasteiger partial charge in [0.15, 0.2) is 0 Å². The summed E-state index contributed by atoms with van der Waals surface area (Å²) in [6.07, 6.45) is 2.40. The van der Waals surface area contributed by atoms with E-state index in [1.807, 2.05) is 60.8 Å². The highest BCUT2D eigenvalue weighted by Crippen LogP contribution is 2.25. The molecular formula is C24H26N4O4. The van der Waals surface area contributed by atoms with Crippen molar-refractivity contribution in [2.45, 2.75) is 25.4 Å². The third kappa shape index (κ3) is 4.65. The van der Waals surface area contributed by atoms with Gasteiger partial charge in [0.2, 0.25) is 5.91 Å². The van der Waals surface area contributed by atoms with Gasteiger partial charge in [-0.25, -0.2) is 4.79 Å². The van der Waals surface area contributed by atoms with E-state index in [9.17, 15) is 14.4 Å². The lowest BCUT2D eigenvalue weighted by molar-refractivity contribution is -0.129. The van der Waals surface area contributed by atoms with E-state index in [-0.39, 0.29) is 24.8 Å². The fourth-order valence-electron chi connectivity index (χ4n) is 3.92. The van der Waals surface area contributed by atoms with Crippen LogP contribution in [0.2, 0.25) is 0 Å². The van der Waals surface area contributed by atoms with Gasteiger partial charge in [0, 0.05) is 31.8 Å². The first-order valence-electron chi connectivity index (χ1n) is 10.6. The van der Waals surface area contributed by atoms with E-state index in [0.717, 1.165) is 16.5 Å². The van der Waals surface area contributed by atoms with Gasteiger partial charge < -0.3 is 19.9 Å². The summed E-state index contributed by atoms with van der Waals surface area (Å²) in [6.45, 7) is 1.57. The van der Waals surface area contributed by atoms with Gasteiger partial charge in [0.1, 0.15) is 6.04 Å². The van der Waals surface area contributed by atoms with Crippen LogP contribution in [-0.2, 0) is 27.3 Å². The molecule has 1 aliphatic rings. The molecule has 0 bridgehead atoms. The van der Waals surface area contributed by atoms with Gasteiger partial charge >= 0.3 is 6.03 Å². The number of imide groups is 1. The number of ether oxygens (including phenoxy) is 1. The van der Waals surface area contributed by atoms with Crippen molar-refractivity contribution in [1.29, 1.82) is 0 Å². The lowest BCUT2D eigenvalue weighted by Crippen LogP contribution is -2.34. The molecule has 8 heteroatoms. The SMILES string of the molecule is COCCn1ccc2c(NC(=O)CC3NC(=O)N(CCc4ccccc4)C3=O)cccc21. The Labute approximate surface area is 186 Å². The van der Waals surface area contributed by atoms with E-state index in [0.29, 0.717) is 25.3 Å². The molecule has 4 amide bonds. The fraction of sp³-hybridized carbons (Fsp3) is 0.292. The average Bonchev–Trinajstić information content (AvgIpc) is 3.32. The number of carbonyl (C=O) groups excluding carboxylic acids is 3. The summed E-state index contributed by atoms with van der Waals surface area (Å²) in [4.78, 5) is 38.8. The topological polar surface area (TPSA) is 92.7 Å². The number of aromatic nitrogens is 1. The Morgan fingerprint density at radius 2 is 1.88 bits per heavy atom. The van der Waals surface area contributed by atoms with E-state index in [4.69, 9.17) is 4.74 Å². The van der Waals surface area contributed by atoms with E-state index in [1.54, 1.807) is 7.11 Å². The summed E-state index contributed by atoms with van der Waals surface area (Å²) in [5.41, 5.74) is 2.69. The Balaban J connectivity index is 1.37. The summed E-state index contributed by atoms with van der Waals surface area (Å²) < 4.78 is 7.20. The summed E-state index contributed by atoms with van der Waals surface area (Å²) in [5, 5.41) is 6.42. The fourth-order valence-corrected chi connectivity index (χ4v) is 3.92. The predicted molar refractivity (Wildman–Crippen MR) is 121 cm³/mol. The minimum Gasteiger partial charge on any atom is -0.383 e. The van der Waals surface area contributed by atoms with Crippen molar-refractivity contribution in [2.24, 2.45) is 0 Å². The number of methoxy groups -OCH3 is 1. The molecule has 2 N–H and O–H groups in total. The highest BCUT2D eigenvalue weighted by Gasteiger charge is 2.38. The first-order chi connectivity index (χ1) is 15.6. The molecule has 1 aliphatic heterocycles. The number of hydrogen-bond donors (Lipinski definition) is 2. The molecule has 0 saturated carbocycles. The molecule has 2 heterocycles. The third-order valence-corrected chi connectivity index (χ3v) is 5.59. The Hall–Kier alpha value is -3.65. The molecule has 1 fully saturated rings. The molecule has 32 heavy (non-hydrogen) atoms. The van der Waals surface area contributed by atoms with Gasteiger partial charge in [-0.3, -0.25) is 14.5 Å². The maximum absolute atomic E-state index is 12.7. The molecule has 0 spiro atoms. The predicted octanol–water partition coefficient (Wildman–Crippen LogP) is 2.78. The van der Waals surface area contributed by atoms with Crippen LogP contribution in [0, 0.1) is 0 Å². The number of benzene rings is 2. The molecule has 2 aromatic carbocycles. The molecule has 0 radical (unpaired) electrons. The van der Waals surface area contributed by atoms with E-state index >= 15 is 0 Å². The van der Waals surface area contributed by atoms with Crippen molar-refractivity contribution in [3.63, 3.8) is 0 Å². The smallest absolute Gasteiger partial charge is 0.324 e. The van der Waals surface area contributed by atoms with Gasteiger partial charge in [-0.05, 0) is 30.2 Å². The van der Waals surface area contributed by atoms with Crippen molar-refractivity contribution >= 4 is 34.4 Å². The number of nitrogens with zero attached hydrogens (tertiary/aromatic N) is 2. The number of carbonyl (C=O) groups is 3. The number of nitrogens with one attached hydrogen (secondary N) is 2. The Morgan fingerprint density at radius 3 is 2.66 bits per heavy atom. The molecule has 1 saturated heterocycles. The zero-order chi connectivity index (χ0) is 22.5. The molecule has 3 aromatic rings. The number of amides is 4. The van der Waals surface area contributed by atoms with Gasteiger partial charge in [-0.1, -0.05) is 36.4 Å². The van der Waals surface area contributed by atoms with Gasteiger partial charge in [-0.15, -0.1) is 0 Å². The summed E-state index contributed by atoms with van der Waals surface area (Å²) in [5.74, 6) is -0.698. The lowest BCUT2D eigenvalue weighted by atomic mass is 10.1. The minimum absolute atomic E-state index is 0.118. The number of urea groups is 1. The van der Waals surface area contributed by atoms with Crippen LogP contribution < -0.4 is 10.6 Å². The van der Waals surface area contributed by atoms with Crippen LogP contribution in [-0.4, -0.2) is 53.6 Å². The van der Waals surface area contributed by atoms with Crippen LogP contribution in [0.3, 0.4) is 0 Å². The van der Waals surface area contributed by atoms with Crippen LogP contribution in [0.25, 0.3) is 10.9 Å². The van der Waals surface area contributed by atoms with Crippen molar-refractivity contribution in [1.82, 2.24) is 14.8 Å². The van der Waals surface area contributed by atoms with Crippen LogP contribution in [0.4, 0.5) is 10.5 Å². The Morgan fingerprint density at radius 1 is 1.06 bits per heavy atom. The summed E-state index contributed by atoms with van der Waals surface area (Å²) >= 11 is 0. The number of anilines is 1. The summed E-state index contributed by atoms with van der Waals surface area (Å²) in [7, 11) is 1.66. The maximum Gasteiger partial charge on any atom is 0.324 e. The van der Waals surface area contributed by atoms with E-state index in [2.05, 4.69) is 15.2 Å². The van der Waals surface area contributed by atoms with Gasteiger partial charge in [0.05, 0.1) is 24.2 Å². The molecular weight excluding hydrogens is 408 g/mol. The highest BCUT2D eigenvalue weighted by atomic mass is 16.5. The van der Waals surface area contributed by atoms with Crippen molar-refractivity contribution in [3.05, 3.63) is 66.4 Å². The molecule has 1 unspecified atom stereocenters. The minimum atomic E-state index is -0.858. The Kier molecular flexibility index (Phi) is 6.51. The quantitative estimate of drug-likeness (QED) is 0.507. The average molecular weight is 434 g/mol. The molecule has 0 aliphatic carbocycles. The van der Waals surface area contributed by atoms with Gasteiger partial charge in [-0.2, -0.15) is 0 Å². The zero-order valence-electron chi connectivity index (χ0n) is 17.9. The first-order valence-corrected chi connectivity index (χ1v) is 10.6. The van der Waals surface area contributed by atoms with Crippen molar-refractivity contribution in [3.8, 4) is 0 Å². The molecule has 4 rings (SSSR count). The van der Waals surface area contributed by atoms with Crippen molar-refractivity contribution < 1.29 is 19.1 Å². The second kappa shape index (κ2) is 9.65. The second-order valence-corrected chi connectivity index (χ2v) is 7.72.